The molecule has 0 atom stereocenters. The minimum atomic E-state index is -0.285. The standard InChI is InChI=1S/C3H7NSi2/c4-6-3-1-2-5-6/h1-2,5H,3-4H2. The van der Waals surface area contributed by atoms with Crippen molar-refractivity contribution in [1.29, 1.82) is 0 Å². The van der Waals surface area contributed by atoms with E-state index in [-0.39, 0.29) is 8.05 Å². The molecule has 0 unspecified atom stereocenters. The van der Waals surface area contributed by atoms with Gasteiger partial charge >= 0.3 is 0 Å². The molecule has 1 heterocycles. The van der Waals surface area contributed by atoms with Gasteiger partial charge in [0.2, 0.25) is 0 Å². The van der Waals surface area contributed by atoms with Gasteiger partial charge in [-0.2, -0.15) is 0 Å². The molecule has 0 aliphatic carbocycles. The molecule has 32 valence electrons. The van der Waals surface area contributed by atoms with E-state index < -0.39 is 0 Å². The highest BCUT2D eigenvalue weighted by atomic mass is 28.9. The maximum Gasteiger partial charge on any atom is 0.0966 e. The van der Waals surface area contributed by atoms with Gasteiger partial charge in [0, 0.05) is 8.61 Å². The molecular formula is C3H7NSi2. The molecule has 3 heteroatoms. The van der Waals surface area contributed by atoms with Crippen LogP contribution in [0, 0.1) is 0 Å². The van der Waals surface area contributed by atoms with Crippen molar-refractivity contribution < 1.29 is 0 Å². The lowest BCUT2D eigenvalue weighted by atomic mass is 10.8. The van der Waals surface area contributed by atoms with Gasteiger partial charge in [-0.1, -0.05) is 11.8 Å². The molecule has 1 aliphatic heterocycles. The number of rotatable bonds is 0. The minimum Gasteiger partial charge on any atom is -0.436 e. The smallest absolute Gasteiger partial charge is 0.0966 e. The Bertz CT molecular complexity index is 105. The Balaban J connectivity index is 2.61. The molecule has 0 bridgehead atoms. The predicted molar refractivity (Wildman–Crippen MR) is 31.0 cm³/mol. The Morgan fingerprint density at radius 2 is 2.67 bits per heavy atom. The third kappa shape index (κ3) is 0.723. The zero-order valence-corrected chi connectivity index (χ0v) is 5.67. The Labute approximate surface area is 40.7 Å². The summed E-state index contributed by atoms with van der Waals surface area (Å²) in [4.78, 5) is 0. The molecule has 2 N–H and O–H groups in total. The molecule has 0 saturated carbocycles. The van der Waals surface area contributed by atoms with E-state index in [1.165, 1.54) is 6.04 Å². The van der Waals surface area contributed by atoms with Gasteiger partial charge in [0.25, 0.3) is 0 Å². The Morgan fingerprint density at radius 3 is 2.83 bits per heavy atom. The van der Waals surface area contributed by atoms with Crippen LogP contribution >= 0.6 is 0 Å². The highest BCUT2D eigenvalue weighted by Crippen LogP contribution is 1.84. The molecular weight excluding hydrogens is 106 g/mol. The van der Waals surface area contributed by atoms with E-state index >= 15 is 0 Å². The van der Waals surface area contributed by atoms with Crippen molar-refractivity contribution in [2.75, 3.05) is 0 Å². The molecule has 1 aliphatic rings. The summed E-state index contributed by atoms with van der Waals surface area (Å²) in [6.07, 6.45) is 2.21. The van der Waals surface area contributed by atoms with E-state index in [9.17, 15) is 0 Å². The number of hydrogen-bond donors (Lipinski definition) is 1. The lowest BCUT2D eigenvalue weighted by Gasteiger charge is -1.78. The summed E-state index contributed by atoms with van der Waals surface area (Å²) < 4.78 is 0. The summed E-state index contributed by atoms with van der Waals surface area (Å²) in [6, 6.07) is 1.22. The van der Waals surface area contributed by atoms with Gasteiger partial charge < -0.3 is 5.40 Å². The number of nitrogens with two attached hydrogens (primary N) is 1. The molecule has 1 rings (SSSR count). The van der Waals surface area contributed by atoms with Crippen LogP contribution in [0.25, 0.3) is 0 Å². The largest absolute Gasteiger partial charge is 0.436 e. The first kappa shape index (κ1) is 4.14. The second-order valence-electron chi connectivity index (χ2n) is 1.37. The topological polar surface area (TPSA) is 26.0 Å². The summed E-state index contributed by atoms with van der Waals surface area (Å²) in [5.41, 5.74) is 2.26. The van der Waals surface area contributed by atoms with Crippen LogP contribution in [0.2, 0.25) is 6.04 Å². The Hall–Kier alpha value is -0.0262. The van der Waals surface area contributed by atoms with Gasteiger partial charge in [-0.3, -0.25) is 0 Å². The van der Waals surface area contributed by atoms with Crippen molar-refractivity contribution in [3.63, 3.8) is 0 Å². The quantitative estimate of drug-likeness (QED) is 0.417. The first-order valence-corrected chi connectivity index (χ1v) is 6.27. The molecule has 0 radical (unpaired) electrons. The summed E-state index contributed by atoms with van der Waals surface area (Å²) in [7, 11) is 0.289. The van der Waals surface area contributed by atoms with E-state index in [0.717, 1.165) is 0 Å². The minimum absolute atomic E-state index is 0.285. The molecule has 0 amide bonds. The van der Waals surface area contributed by atoms with Crippen molar-refractivity contribution in [3.05, 3.63) is 11.8 Å². The van der Waals surface area contributed by atoms with Gasteiger partial charge in [-0.25, -0.2) is 0 Å². The maximum absolute atomic E-state index is 5.61. The predicted octanol–water partition coefficient (Wildman–Crippen LogP) is -0.603. The molecule has 0 spiro atoms. The Morgan fingerprint density at radius 1 is 1.83 bits per heavy atom. The van der Waals surface area contributed by atoms with Crippen LogP contribution < -0.4 is 5.40 Å². The fourth-order valence-corrected chi connectivity index (χ4v) is 3.77. The zero-order chi connectivity index (χ0) is 4.41. The van der Waals surface area contributed by atoms with Gasteiger partial charge in [0.15, 0.2) is 0 Å². The third-order valence-corrected chi connectivity index (χ3v) is 4.97. The summed E-state index contributed by atoms with van der Waals surface area (Å²) in [5, 5.41) is 5.61. The lowest BCUT2D eigenvalue weighted by molar-refractivity contribution is 1.66. The molecule has 6 heavy (non-hydrogen) atoms. The van der Waals surface area contributed by atoms with E-state index in [1.807, 2.05) is 0 Å². The van der Waals surface area contributed by atoms with Crippen molar-refractivity contribution in [2.45, 2.75) is 6.04 Å². The van der Waals surface area contributed by atoms with Crippen LogP contribution in [0.4, 0.5) is 0 Å². The van der Waals surface area contributed by atoms with Gasteiger partial charge in [-0.15, -0.1) is 0 Å². The fourth-order valence-electron chi connectivity index (χ4n) is 0.464. The summed E-state index contributed by atoms with van der Waals surface area (Å²) in [6.45, 7) is 0. The zero-order valence-electron chi connectivity index (χ0n) is 3.52. The first-order chi connectivity index (χ1) is 2.89. The van der Waals surface area contributed by atoms with Crippen LogP contribution in [0.1, 0.15) is 0 Å². The highest BCUT2D eigenvalue weighted by molar-refractivity contribution is 6.88. The molecule has 0 fully saturated rings. The molecule has 0 aromatic rings. The monoisotopic (exact) mass is 113 g/mol. The number of hydrogen-bond acceptors (Lipinski definition) is 1. The van der Waals surface area contributed by atoms with Crippen LogP contribution in [0.5, 0.6) is 0 Å². The highest BCUT2D eigenvalue weighted by Gasteiger charge is 1.89. The summed E-state index contributed by atoms with van der Waals surface area (Å²) in [5.74, 6) is 0. The van der Waals surface area contributed by atoms with E-state index in [4.69, 9.17) is 5.40 Å². The van der Waals surface area contributed by atoms with Crippen molar-refractivity contribution in [2.24, 2.45) is 5.40 Å². The van der Waals surface area contributed by atoms with Gasteiger partial charge in [0.1, 0.15) is 0 Å². The molecule has 0 aromatic carbocycles. The van der Waals surface area contributed by atoms with Crippen molar-refractivity contribution in [1.82, 2.24) is 0 Å². The molecule has 0 saturated heterocycles. The SMILES string of the molecule is N[Si]1=[SiH]C=CC1. The third-order valence-electron chi connectivity index (χ3n) is 0.800. The average molecular weight is 113 g/mol. The van der Waals surface area contributed by atoms with Gasteiger partial charge in [-0.05, 0) is 6.04 Å². The Kier molecular flexibility index (Phi) is 1.11. The van der Waals surface area contributed by atoms with Crippen LogP contribution in [0.3, 0.4) is 0 Å². The van der Waals surface area contributed by atoms with E-state index in [1.54, 1.807) is 0 Å². The lowest BCUT2D eigenvalue weighted by Crippen LogP contribution is -2.13. The maximum atomic E-state index is 5.61. The van der Waals surface area contributed by atoms with Crippen LogP contribution in [-0.2, 0) is 0 Å². The van der Waals surface area contributed by atoms with Crippen LogP contribution in [0.15, 0.2) is 11.8 Å². The second-order valence-corrected chi connectivity index (χ2v) is 6.87. The second kappa shape index (κ2) is 1.61. The van der Waals surface area contributed by atoms with E-state index in [0.29, 0.717) is 8.61 Å². The molecule has 1 nitrogen and oxygen atoms in total. The van der Waals surface area contributed by atoms with Crippen molar-refractivity contribution >= 4 is 16.7 Å². The first-order valence-electron chi connectivity index (χ1n) is 2.01. The fraction of sp³-hybridized carbons (Fsp3) is 0.333. The van der Waals surface area contributed by atoms with Crippen molar-refractivity contribution in [3.8, 4) is 0 Å². The average Bonchev–Trinajstić information content (AvgIpc) is 1.86. The summed E-state index contributed by atoms with van der Waals surface area (Å²) >= 11 is 0. The number of allylic oxidation sites excluding steroid dienone is 1. The molecule has 0 aromatic heterocycles. The van der Waals surface area contributed by atoms with E-state index in [2.05, 4.69) is 11.8 Å². The van der Waals surface area contributed by atoms with Crippen LogP contribution in [-0.4, -0.2) is 16.7 Å². The normalized spacial score (nSPS) is 18.3. The van der Waals surface area contributed by atoms with Gasteiger partial charge in [0.05, 0.1) is 8.05 Å².